The highest BCUT2D eigenvalue weighted by atomic mass is 79.9. The van der Waals surface area contributed by atoms with Gasteiger partial charge in [0.1, 0.15) is 4.95 Å². The molecular weight excluding hydrogens is 216 g/mol. The fourth-order valence-electron chi connectivity index (χ4n) is 1.34. The molecule has 0 radical (unpaired) electrons. The van der Waals surface area contributed by atoms with Crippen molar-refractivity contribution in [3.8, 4) is 0 Å². The van der Waals surface area contributed by atoms with Crippen LogP contribution in [0.2, 0.25) is 0 Å². The van der Waals surface area contributed by atoms with E-state index in [9.17, 15) is 0 Å². The second kappa shape index (κ2) is 4.08. The molecule has 68 valence electrons. The number of rotatable bonds is 2. The van der Waals surface area contributed by atoms with Crippen LogP contribution in [0.15, 0.2) is 11.8 Å². The highest BCUT2D eigenvalue weighted by Crippen LogP contribution is 2.23. The fourth-order valence-corrected chi connectivity index (χ4v) is 1.91. The quantitative estimate of drug-likeness (QED) is 0.574. The molecule has 1 unspecified atom stereocenters. The van der Waals surface area contributed by atoms with E-state index in [0.29, 0.717) is 0 Å². The van der Waals surface area contributed by atoms with Crippen molar-refractivity contribution in [3.63, 3.8) is 0 Å². The van der Waals surface area contributed by atoms with E-state index >= 15 is 0 Å². The topological polar surface area (TPSA) is 27.1 Å². The molecular formula is C9H15BrN2. The van der Waals surface area contributed by atoms with E-state index in [4.69, 9.17) is 5.41 Å². The Morgan fingerprint density at radius 3 is 2.83 bits per heavy atom. The van der Waals surface area contributed by atoms with Crippen LogP contribution in [0.3, 0.4) is 0 Å². The molecule has 0 aromatic rings. The van der Waals surface area contributed by atoms with Gasteiger partial charge in [0.25, 0.3) is 0 Å². The van der Waals surface area contributed by atoms with Gasteiger partial charge in [-0.2, -0.15) is 0 Å². The average Bonchev–Trinajstić information content (AvgIpc) is 2.09. The second-order valence-corrected chi connectivity index (χ2v) is 3.88. The lowest BCUT2D eigenvalue weighted by atomic mass is 10.0. The largest absolute Gasteiger partial charge is 0.360 e. The zero-order chi connectivity index (χ0) is 9.14. The molecule has 0 spiro atoms. The van der Waals surface area contributed by atoms with Crippen molar-refractivity contribution in [2.45, 2.75) is 31.6 Å². The number of nitrogens with one attached hydrogen (secondary N) is 1. The van der Waals surface area contributed by atoms with Gasteiger partial charge in [-0.15, -0.1) is 0 Å². The van der Waals surface area contributed by atoms with Gasteiger partial charge in [-0.05, 0) is 18.9 Å². The summed E-state index contributed by atoms with van der Waals surface area (Å²) in [5, 5.41) is 7.73. The Labute approximate surface area is 82.3 Å². The zero-order valence-electron chi connectivity index (χ0n) is 7.60. The van der Waals surface area contributed by atoms with Gasteiger partial charge in [0.05, 0.1) is 0 Å². The van der Waals surface area contributed by atoms with Crippen LogP contribution in [-0.2, 0) is 0 Å². The number of halogens is 1. The van der Waals surface area contributed by atoms with Crippen molar-refractivity contribution in [1.82, 2.24) is 4.90 Å². The summed E-state index contributed by atoms with van der Waals surface area (Å²) < 4.78 is 0. The lowest BCUT2D eigenvalue weighted by Gasteiger charge is -2.31. The number of allylic oxidation sites excluding steroid dienone is 1. The third-order valence-corrected chi connectivity index (χ3v) is 3.24. The third kappa shape index (κ3) is 1.89. The van der Waals surface area contributed by atoms with Crippen molar-refractivity contribution < 1.29 is 0 Å². The molecule has 1 atom stereocenters. The van der Waals surface area contributed by atoms with Gasteiger partial charge >= 0.3 is 0 Å². The molecule has 0 bridgehead atoms. The molecule has 3 heteroatoms. The first-order valence-corrected chi connectivity index (χ1v) is 5.27. The predicted octanol–water partition coefficient (Wildman–Crippen LogP) is 2.75. The summed E-state index contributed by atoms with van der Waals surface area (Å²) in [6, 6.07) is 0. The Hall–Kier alpha value is -0.310. The number of hydrogen-bond acceptors (Lipinski definition) is 2. The Balaban J connectivity index is 2.78. The normalized spacial score (nSPS) is 24.2. The van der Waals surface area contributed by atoms with E-state index in [1.54, 1.807) is 0 Å². The summed E-state index contributed by atoms with van der Waals surface area (Å²) in [6.07, 6.45) is 4.07. The number of alkyl halides is 1. The SMILES string of the molecule is CCC1=CN(CC)C(Br)C(=N)C1. The molecule has 0 saturated carbocycles. The van der Waals surface area contributed by atoms with Crippen LogP contribution >= 0.6 is 15.9 Å². The molecule has 0 saturated heterocycles. The molecule has 0 aromatic carbocycles. The minimum atomic E-state index is 0.123. The minimum Gasteiger partial charge on any atom is -0.360 e. The monoisotopic (exact) mass is 230 g/mol. The summed E-state index contributed by atoms with van der Waals surface area (Å²) in [5.41, 5.74) is 2.13. The van der Waals surface area contributed by atoms with Gasteiger partial charge in [-0.1, -0.05) is 22.9 Å². The van der Waals surface area contributed by atoms with E-state index < -0.39 is 0 Å². The summed E-state index contributed by atoms with van der Waals surface area (Å²) in [7, 11) is 0. The van der Waals surface area contributed by atoms with Crippen LogP contribution in [0.5, 0.6) is 0 Å². The third-order valence-electron chi connectivity index (χ3n) is 2.16. The van der Waals surface area contributed by atoms with Crippen LogP contribution in [0, 0.1) is 5.41 Å². The van der Waals surface area contributed by atoms with E-state index in [1.807, 2.05) is 0 Å². The lowest BCUT2D eigenvalue weighted by molar-refractivity contribution is 0.414. The number of hydrogen-bond donors (Lipinski definition) is 1. The van der Waals surface area contributed by atoms with Gasteiger partial charge in [-0.3, -0.25) is 0 Å². The molecule has 2 nitrogen and oxygen atoms in total. The molecule has 0 fully saturated rings. The van der Waals surface area contributed by atoms with Crippen molar-refractivity contribution >= 4 is 21.6 Å². The first-order valence-electron chi connectivity index (χ1n) is 4.35. The maximum Gasteiger partial charge on any atom is 0.122 e. The molecule has 1 heterocycles. The lowest BCUT2D eigenvalue weighted by Crippen LogP contribution is -2.36. The summed E-state index contributed by atoms with van der Waals surface area (Å²) in [4.78, 5) is 2.28. The molecule has 0 amide bonds. The van der Waals surface area contributed by atoms with E-state index in [0.717, 1.165) is 25.1 Å². The molecule has 0 aliphatic carbocycles. The Kier molecular flexibility index (Phi) is 3.32. The van der Waals surface area contributed by atoms with Gasteiger partial charge in [0.15, 0.2) is 0 Å². The van der Waals surface area contributed by atoms with E-state index in [-0.39, 0.29) is 4.95 Å². The molecule has 0 aromatic heterocycles. The summed E-state index contributed by atoms with van der Waals surface area (Å²) in [6.45, 7) is 5.21. The molecule has 12 heavy (non-hydrogen) atoms. The van der Waals surface area contributed by atoms with Gasteiger partial charge in [-0.25, -0.2) is 0 Å². The second-order valence-electron chi connectivity index (χ2n) is 3.01. The standard InChI is InChI=1S/C9H15BrN2/c1-3-7-5-8(11)9(10)12(4-2)6-7/h6,9,11H,3-5H2,1-2H3. The minimum absolute atomic E-state index is 0.123. The maximum atomic E-state index is 7.73. The van der Waals surface area contributed by atoms with E-state index in [2.05, 4.69) is 40.9 Å². The Morgan fingerprint density at radius 1 is 1.67 bits per heavy atom. The first-order chi connectivity index (χ1) is 5.69. The van der Waals surface area contributed by atoms with Crippen LogP contribution in [0.4, 0.5) is 0 Å². The van der Waals surface area contributed by atoms with Crippen LogP contribution < -0.4 is 0 Å². The predicted molar refractivity (Wildman–Crippen MR) is 55.8 cm³/mol. The highest BCUT2D eigenvalue weighted by Gasteiger charge is 2.21. The molecule has 1 aliphatic heterocycles. The zero-order valence-corrected chi connectivity index (χ0v) is 9.19. The smallest absolute Gasteiger partial charge is 0.122 e. The summed E-state index contributed by atoms with van der Waals surface area (Å²) >= 11 is 3.49. The van der Waals surface area contributed by atoms with Crippen molar-refractivity contribution in [1.29, 1.82) is 5.41 Å². The Morgan fingerprint density at radius 2 is 2.33 bits per heavy atom. The van der Waals surface area contributed by atoms with E-state index in [1.165, 1.54) is 5.57 Å². The molecule has 1 N–H and O–H groups in total. The van der Waals surface area contributed by atoms with Crippen molar-refractivity contribution in [3.05, 3.63) is 11.8 Å². The van der Waals surface area contributed by atoms with Crippen molar-refractivity contribution in [2.75, 3.05) is 6.54 Å². The van der Waals surface area contributed by atoms with Crippen LogP contribution in [-0.4, -0.2) is 22.1 Å². The first kappa shape index (κ1) is 9.78. The molecule has 1 rings (SSSR count). The molecule has 1 aliphatic rings. The fraction of sp³-hybridized carbons (Fsp3) is 0.667. The van der Waals surface area contributed by atoms with Gasteiger partial charge in [0, 0.05) is 24.9 Å². The maximum absolute atomic E-state index is 7.73. The van der Waals surface area contributed by atoms with Crippen LogP contribution in [0.1, 0.15) is 26.7 Å². The summed E-state index contributed by atoms with van der Waals surface area (Å²) in [5.74, 6) is 0. The average molecular weight is 231 g/mol. The van der Waals surface area contributed by atoms with Crippen LogP contribution in [0.25, 0.3) is 0 Å². The number of nitrogens with zero attached hydrogens (tertiary/aromatic N) is 1. The van der Waals surface area contributed by atoms with Gasteiger partial charge in [0.2, 0.25) is 0 Å². The van der Waals surface area contributed by atoms with Gasteiger partial charge < -0.3 is 10.3 Å². The van der Waals surface area contributed by atoms with Crippen molar-refractivity contribution in [2.24, 2.45) is 0 Å². The highest BCUT2D eigenvalue weighted by molar-refractivity contribution is 9.09. The Bertz CT molecular complexity index is 211.